The van der Waals surface area contributed by atoms with Gasteiger partial charge >= 0.3 is 0 Å². The van der Waals surface area contributed by atoms with Crippen molar-refractivity contribution in [3.8, 4) is 0 Å². The molecule has 0 radical (unpaired) electrons. The molecule has 90 valence electrons. The molecule has 0 saturated heterocycles. The molecule has 0 saturated carbocycles. The molecule has 1 rings (SSSR count). The minimum Gasteiger partial charge on any atom is -0.391 e. The number of benzene rings is 1. The van der Waals surface area contributed by atoms with Gasteiger partial charge in [-0.05, 0) is 18.4 Å². The van der Waals surface area contributed by atoms with E-state index in [0.29, 0.717) is 12.3 Å². The summed E-state index contributed by atoms with van der Waals surface area (Å²) < 4.78 is 13.6. The topological polar surface area (TPSA) is 46.2 Å². The Hall–Kier alpha value is -0.640. The first-order chi connectivity index (χ1) is 7.43. The second-order valence-corrected chi connectivity index (χ2v) is 4.77. The van der Waals surface area contributed by atoms with Crippen molar-refractivity contribution < 1.29 is 9.50 Å². The van der Waals surface area contributed by atoms with Gasteiger partial charge in [0.2, 0.25) is 0 Å². The summed E-state index contributed by atoms with van der Waals surface area (Å²) in [5.41, 5.74) is 6.07. The first kappa shape index (κ1) is 13.4. The van der Waals surface area contributed by atoms with E-state index in [4.69, 9.17) is 17.3 Å². The van der Waals surface area contributed by atoms with E-state index in [0.717, 1.165) is 0 Å². The molecule has 0 heterocycles. The number of hydrogen-bond acceptors (Lipinski definition) is 2. The van der Waals surface area contributed by atoms with Gasteiger partial charge in [-0.2, -0.15) is 0 Å². The van der Waals surface area contributed by atoms with E-state index in [1.54, 1.807) is 12.1 Å². The number of rotatable bonds is 4. The van der Waals surface area contributed by atoms with Crippen molar-refractivity contribution in [2.75, 3.05) is 0 Å². The van der Waals surface area contributed by atoms with E-state index in [-0.39, 0.29) is 10.6 Å². The van der Waals surface area contributed by atoms with Crippen LogP contribution in [0.3, 0.4) is 0 Å². The highest BCUT2D eigenvalue weighted by Crippen LogP contribution is 2.25. The highest BCUT2D eigenvalue weighted by molar-refractivity contribution is 6.30. The molecule has 0 amide bonds. The van der Waals surface area contributed by atoms with E-state index >= 15 is 0 Å². The molecule has 1 aromatic carbocycles. The maximum atomic E-state index is 13.6. The molecule has 1 aromatic rings. The zero-order valence-corrected chi connectivity index (χ0v) is 10.2. The van der Waals surface area contributed by atoms with Crippen LogP contribution in [0, 0.1) is 11.7 Å². The Morgan fingerprint density at radius 3 is 2.62 bits per heavy atom. The fraction of sp³-hybridized carbons (Fsp3) is 0.500. The lowest BCUT2D eigenvalue weighted by molar-refractivity contribution is 0.119. The van der Waals surface area contributed by atoms with Crippen LogP contribution in [0.1, 0.15) is 31.9 Å². The van der Waals surface area contributed by atoms with Crippen LogP contribution in [0.25, 0.3) is 0 Å². The molecule has 3 N–H and O–H groups in total. The molecule has 2 atom stereocenters. The van der Waals surface area contributed by atoms with Crippen LogP contribution in [-0.4, -0.2) is 11.2 Å². The second kappa shape index (κ2) is 5.62. The Balaban J connectivity index is 2.87. The van der Waals surface area contributed by atoms with Crippen LogP contribution in [-0.2, 0) is 0 Å². The molecule has 0 unspecified atom stereocenters. The number of aliphatic hydroxyl groups is 1. The Morgan fingerprint density at radius 1 is 1.44 bits per heavy atom. The van der Waals surface area contributed by atoms with Crippen molar-refractivity contribution in [2.45, 2.75) is 32.4 Å². The smallest absolute Gasteiger partial charge is 0.146 e. The molecule has 0 aromatic heterocycles. The van der Waals surface area contributed by atoms with Crippen molar-refractivity contribution in [1.82, 2.24) is 0 Å². The quantitative estimate of drug-likeness (QED) is 0.857. The summed E-state index contributed by atoms with van der Waals surface area (Å²) in [6.45, 7) is 3.95. The Bertz CT molecular complexity index is 357. The summed E-state index contributed by atoms with van der Waals surface area (Å²) in [5.74, 6) is -0.234. The maximum Gasteiger partial charge on any atom is 0.146 e. The van der Waals surface area contributed by atoms with Crippen LogP contribution in [0.2, 0.25) is 5.02 Å². The third-order valence-corrected chi connectivity index (χ3v) is 2.76. The molecular formula is C12H17ClFNO. The van der Waals surface area contributed by atoms with Gasteiger partial charge in [0.25, 0.3) is 0 Å². The lowest BCUT2D eigenvalue weighted by Gasteiger charge is -2.21. The van der Waals surface area contributed by atoms with Crippen molar-refractivity contribution in [3.63, 3.8) is 0 Å². The van der Waals surface area contributed by atoms with E-state index in [2.05, 4.69) is 0 Å². The molecule has 0 fully saturated rings. The van der Waals surface area contributed by atoms with Crippen LogP contribution in [0.15, 0.2) is 18.2 Å². The van der Waals surface area contributed by atoms with Crippen LogP contribution in [0.4, 0.5) is 4.39 Å². The van der Waals surface area contributed by atoms with Crippen molar-refractivity contribution >= 4 is 11.6 Å². The van der Waals surface area contributed by atoms with Gasteiger partial charge in [-0.25, -0.2) is 4.39 Å². The van der Waals surface area contributed by atoms with Gasteiger partial charge in [-0.15, -0.1) is 0 Å². The summed E-state index contributed by atoms with van der Waals surface area (Å²) >= 11 is 5.66. The van der Waals surface area contributed by atoms with Gasteiger partial charge in [0, 0.05) is 5.56 Å². The van der Waals surface area contributed by atoms with Crippen LogP contribution in [0.5, 0.6) is 0 Å². The Labute approximate surface area is 100 Å². The van der Waals surface area contributed by atoms with E-state index < -0.39 is 18.0 Å². The zero-order chi connectivity index (χ0) is 12.3. The molecule has 0 bridgehead atoms. The summed E-state index contributed by atoms with van der Waals surface area (Å²) in [4.78, 5) is 0. The first-order valence-corrected chi connectivity index (χ1v) is 5.68. The minimum atomic E-state index is -0.757. The van der Waals surface area contributed by atoms with Crippen LogP contribution >= 0.6 is 11.6 Å². The van der Waals surface area contributed by atoms with Crippen molar-refractivity contribution in [1.29, 1.82) is 0 Å². The van der Waals surface area contributed by atoms with E-state index in [1.807, 2.05) is 13.8 Å². The Morgan fingerprint density at radius 2 is 2.06 bits per heavy atom. The van der Waals surface area contributed by atoms with Gasteiger partial charge in [0.05, 0.1) is 17.2 Å². The fourth-order valence-corrected chi connectivity index (χ4v) is 1.80. The fourth-order valence-electron chi connectivity index (χ4n) is 1.61. The average molecular weight is 246 g/mol. The highest BCUT2D eigenvalue weighted by atomic mass is 35.5. The maximum absolute atomic E-state index is 13.6. The lowest BCUT2D eigenvalue weighted by atomic mass is 9.95. The van der Waals surface area contributed by atoms with Gasteiger partial charge in [0.15, 0.2) is 0 Å². The number of nitrogens with two attached hydrogens (primary N) is 1. The van der Waals surface area contributed by atoms with E-state index in [9.17, 15) is 9.50 Å². The Kier molecular flexibility index (Phi) is 4.71. The predicted molar refractivity (Wildman–Crippen MR) is 63.8 cm³/mol. The second-order valence-electron chi connectivity index (χ2n) is 4.37. The average Bonchev–Trinajstić information content (AvgIpc) is 2.20. The number of hydrogen-bond donors (Lipinski definition) is 2. The van der Waals surface area contributed by atoms with Crippen molar-refractivity contribution in [3.05, 3.63) is 34.6 Å². The van der Waals surface area contributed by atoms with Gasteiger partial charge in [-0.3, -0.25) is 0 Å². The molecule has 0 aliphatic carbocycles. The first-order valence-electron chi connectivity index (χ1n) is 5.31. The summed E-state index contributed by atoms with van der Waals surface area (Å²) in [6, 6.07) is 3.90. The monoisotopic (exact) mass is 245 g/mol. The molecular weight excluding hydrogens is 229 g/mol. The molecule has 4 heteroatoms. The largest absolute Gasteiger partial charge is 0.391 e. The van der Waals surface area contributed by atoms with Crippen LogP contribution < -0.4 is 5.73 Å². The summed E-state index contributed by atoms with van der Waals surface area (Å²) in [6.07, 6.45) is -0.222. The molecule has 0 spiro atoms. The lowest BCUT2D eigenvalue weighted by Crippen LogP contribution is -2.28. The standard InChI is InChI=1S/C12H17ClFNO/c1-7(2)6-10(16)12(15)8-4-3-5-9(13)11(8)14/h3-5,7,10,12,16H,6,15H2,1-2H3/t10-,12+/m1/s1. The number of aliphatic hydroxyl groups excluding tert-OH is 1. The third-order valence-electron chi connectivity index (χ3n) is 2.47. The molecule has 16 heavy (non-hydrogen) atoms. The van der Waals surface area contributed by atoms with Gasteiger partial charge in [-0.1, -0.05) is 37.6 Å². The summed E-state index contributed by atoms with van der Waals surface area (Å²) in [7, 11) is 0. The third kappa shape index (κ3) is 3.17. The normalized spacial score (nSPS) is 15.2. The van der Waals surface area contributed by atoms with Gasteiger partial charge < -0.3 is 10.8 Å². The van der Waals surface area contributed by atoms with E-state index in [1.165, 1.54) is 6.07 Å². The zero-order valence-electron chi connectivity index (χ0n) is 9.45. The molecule has 2 nitrogen and oxygen atoms in total. The SMILES string of the molecule is CC(C)C[C@@H](O)[C@@H](N)c1cccc(Cl)c1F. The minimum absolute atomic E-state index is 0.0321. The number of halogens is 2. The predicted octanol–water partition coefficient (Wildman–Crippen LogP) is 2.89. The van der Waals surface area contributed by atoms with Crippen molar-refractivity contribution in [2.24, 2.45) is 11.7 Å². The molecule has 0 aliphatic heterocycles. The van der Waals surface area contributed by atoms with Gasteiger partial charge in [0.1, 0.15) is 5.82 Å². The summed E-state index contributed by atoms with van der Waals surface area (Å²) in [5, 5.41) is 9.85. The molecule has 0 aliphatic rings. The highest BCUT2D eigenvalue weighted by Gasteiger charge is 2.21.